The molecule has 0 saturated carbocycles. The lowest BCUT2D eigenvalue weighted by Gasteiger charge is -2.32. The molecule has 2 aromatic rings. The monoisotopic (exact) mass is 383 g/mol. The first-order valence-corrected chi connectivity index (χ1v) is 10.3. The molecule has 1 N–H and O–H groups in total. The van der Waals surface area contributed by atoms with E-state index < -0.39 is 10.0 Å². The number of nitrogens with one attached hydrogen (secondary N) is 1. The average Bonchev–Trinajstić information content (AvgIpc) is 2.68. The first-order chi connectivity index (χ1) is 12.9. The SMILES string of the molecule is C[C@H]1CCCCN1S(=O)(=O)c1ccc(C(=O)Nc2cccc(C#N)c2)cc1. The van der Waals surface area contributed by atoms with E-state index in [0.29, 0.717) is 23.4 Å². The first-order valence-electron chi connectivity index (χ1n) is 8.85. The number of hydrogen-bond donors (Lipinski definition) is 1. The Morgan fingerprint density at radius 3 is 2.59 bits per heavy atom. The predicted molar refractivity (Wildman–Crippen MR) is 103 cm³/mol. The predicted octanol–water partition coefficient (Wildman–Crippen LogP) is 3.37. The van der Waals surface area contributed by atoms with Gasteiger partial charge in [-0.1, -0.05) is 12.5 Å². The van der Waals surface area contributed by atoms with Crippen molar-refractivity contribution in [3.05, 3.63) is 59.7 Å². The van der Waals surface area contributed by atoms with E-state index in [9.17, 15) is 13.2 Å². The second-order valence-corrected chi connectivity index (χ2v) is 8.52. The van der Waals surface area contributed by atoms with Crippen LogP contribution in [0.25, 0.3) is 0 Å². The van der Waals surface area contributed by atoms with Gasteiger partial charge in [-0.3, -0.25) is 4.79 Å². The lowest BCUT2D eigenvalue weighted by molar-refractivity contribution is 0.102. The van der Waals surface area contributed by atoms with Crippen molar-refractivity contribution in [1.29, 1.82) is 5.26 Å². The highest BCUT2D eigenvalue weighted by Crippen LogP contribution is 2.25. The molecule has 1 amide bonds. The zero-order valence-electron chi connectivity index (χ0n) is 15.1. The largest absolute Gasteiger partial charge is 0.322 e. The quantitative estimate of drug-likeness (QED) is 0.876. The Morgan fingerprint density at radius 1 is 1.19 bits per heavy atom. The molecule has 6 nitrogen and oxygen atoms in total. The molecule has 0 unspecified atom stereocenters. The third-order valence-electron chi connectivity index (χ3n) is 4.71. The van der Waals surface area contributed by atoms with E-state index >= 15 is 0 Å². The van der Waals surface area contributed by atoms with Crippen molar-refractivity contribution in [3.63, 3.8) is 0 Å². The number of rotatable bonds is 4. The van der Waals surface area contributed by atoms with E-state index in [2.05, 4.69) is 5.32 Å². The van der Waals surface area contributed by atoms with Gasteiger partial charge in [0.2, 0.25) is 10.0 Å². The molecule has 0 aliphatic carbocycles. The maximum Gasteiger partial charge on any atom is 0.255 e. The molecule has 0 aromatic heterocycles. The van der Waals surface area contributed by atoms with Gasteiger partial charge in [0.25, 0.3) is 5.91 Å². The lowest BCUT2D eigenvalue weighted by Crippen LogP contribution is -2.41. The van der Waals surface area contributed by atoms with Gasteiger partial charge in [-0.05, 0) is 62.2 Å². The van der Waals surface area contributed by atoms with Crippen molar-refractivity contribution in [3.8, 4) is 6.07 Å². The molecule has 0 spiro atoms. The summed E-state index contributed by atoms with van der Waals surface area (Å²) in [4.78, 5) is 12.6. The molecule has 3 rings (SSSR count). The van der Waals surface area contributed by atoms with Crippen LogP contribution < -0.4 is 5.32 Å². The second-order valence-electron chi connectivity index (χ2n) is 6.63. The Balaban J connectivity index is 1.76. The van der Waals surface area contributed by atoms with Crippen LogP contribution in [0.15, 0.2) is 53.4 Å². The maximum absolute atomic E-state index is 12.8. The maximum atomic E-state index is 12.8. The molecule has 0 radical (unpaired) electrons. The van der Waals surface area contributed by atoms with E-state index in [0.717, 1.165) is 19.3 Å². The van der Waals surface area contributed by atoms with Crippen LogP contribution in [0.1, 0.15) is 42.1 Å². The van der Waals surface area contributed by atoms with Crippen molar-refractivity contribution in [2.75, 3.05) is 11.9 Å². The number of carbonyl (C=O) groups is 1. The summed E-state index contributed by atoms with van der Waals surface area (Å²) in [5.74, 6) is -0.361. The fourth-order valence-corrected chi connectivity index (χ4v) is 4.91. The Bertz CT molecular complexity index is 978. The van der Waals surface area contributed by atoms with Gasteiger partial charge in [0.15, 0.2) is 0 Å². The molecule has 1 aliphatic heterocycles. The van der Waals surface area contributed by atoms with Crippen LogP contribution in [0, 0.1) is 11.3 Å². The van der Waals surface area contributed by atoms with Gasteiger partial charge >= 0.3 is 0 Å². The fraction of sp³-hybridized carbons (Fsp3) is 0.300. The third kappa shape index (κ3) is 4.18. The molecule has 1 fully saturated rings. The Morgan fingerprint density at radius 2 is 1.93 bits per heavy atom. The van der Waals surface area contributed by atoms with Crippen LogP contribution in [0.4, 0.5) is 5.69 Å². The van der Waals surface area contributed by atoms with Crippen LogP contribution >= 0.6 is 0 Å². The van der Waals surface area contributed by atoms with Crippen molar-refractivity contribution < 1.29 is 13.2 Å². The van der Waals surface area contributed by atoms with Gasteiger partial charge in [0.1, 0.15) is 0 Å². The van der Waals surface area contributed by atoms with Gasteiger partial charge in [-0.25, -0.2) is 8.42 Å². The highest BCUT2D eigenvalue weighted by Gasteiger charge is 2.30. The van der Waals surface area contributed by atoms with Crippen LogP contribution in [-0.2, 0) is 10.0 Å². The summed E-state index contributed by atoms with van der Waals surface area (Å²) in [6.07, 6.45) is 2.77. The zero-order chi connectivity index (χ0) is 19.4. The first kappa shape index (κ1) is 19.1. The minimum absolute atomic E-state index is 0.0147. The summed E-state index contributed by atoms with van der Waals surface area (Å²) in [6.45, 7) is 2.45. The van der Waals surface area contributed by atoms with Crippen LogP contribution in [0.5, 0.6) is 0 Å². The number of piperidine rings is 1. The smallest absolute Gasteiger partial charge is 0.255 e. The van der Waals surface area contributed by atoms with Gasteiger partial charge in [-0.2, -0.15) is 9.57 Å². The number of carbonyl (C=O) groups excluding carboxylic acids is 1. The Kier molecular flexibility index (Phi) is 5.59. The van der Waals surface area contributed by atoms with E-state index in [1.54, 1.807) is 28.6 Å². The average molecular weight is 383 g/mol. The second kappa shape index (κ2) is 7.91. The van der Waals surface area contributed by atoms with Crippen molar-refractivity contribution >= 4 is 21.6 Å². The summed E-state index contributed by atoms with van der Waals surface area (Å²) in [7, 11) is -3.56. The Labute approximate surface area is 159 Å². The topological polar surface area (TPSA) is 90.3 Å². The molecular formula is C20H21N3O3S. The van der Waals surface area contributed by atoms with E-state index in [1.807, 2.05) is 13.0 Å². The van der Waals surface area contributed by atoms with E-state index in [-0.39, 0.29) is 16.8 Å². The standard InChI is InChI=1S/C20H21N3O3S/c1-15-5-2-3-12-23(15)27(25,26)19-10-8-17(9-11-19)20(24)22-18-7-4-6-16(13-18)14-21/h4,6-11,13,15H,2-3,5,12H2,1H3,(H,22,24)/t15-/m0/s1. The number of nitriles is 1. The minimum Gasteiger partial charge on any atom is -0.322 e. The minimum atomic E-state index is -3.56. The van der Waals surface area contributed by atoms with Gasteiger partial charge in [0.05, 0.1) is 16.5 Å². The van der Waals surface area contributed by atoms with Gasteiger partial charge in [0, 0.05) is 23.8 Å². The molecule has 2 aromatic carbocycles. The van der Waals surface area contributed by atoms with Gasteiger partial charge in [-0.15, -0.1) is 0 Å². The molecular weight excluding hydrogens is 362 g/mol. The molecule has 1 heterocycles. The molecule has 1 aliphatic rings. The number of amides is 1. The highest BCUT2D eigenvalue weighted by molar-refractivity contribution is 7.89. The van der Waals surface area contributed by atoms with Crippen molar-refractivity contribution in [1.82, 2.24) is 4.31 Å². The number of nitrogens with zero attached hydrogens (tertiary/aromatic N) is 2. The number of benzene rings is 2. The summed E-state index contributed by atoms with van der Waals surface area (Å²) < 4.78 is 27.2. The summed E-state index contributed by atoms with van der Waals surface area (Å²) in [5, 5.41) is 11.6. The van der Waals surface area contributed by atoms with E-state index in [4.69, 9.17) is 5.26 Å². The van der Waals surface area contributed by atoms with E-state index in [1.165, 1.54) is 24.3 Å². The third-order valence-corrected chi connectivity index (χ3v) is 6.74. The molecule has 140 valence electrons. The van der Waals surface area contributed by atoms with Crippen molar-refractivity contribution in [2.24, 2.45) is 0 Å². The van der Waals surface area contributed by atoms with Crippen LogP contribution in [0.3, 0.4) is 0 Å². The van der Waals surface area contributed by atoms with Crippen LogP contribution in [0.2, 0.25) is 0 Å². The fourth-order valence-electron chi connectivity index (χ4n) is 3.21. The molecule has 0 bridgehead atoms. The molecule has 1 saturated heterocycles. The normalized spacial score (nSPS) is 17.9. The zero-order valence-corrected chi connectivity index (χ0v) is 15.9. The van der Waals surface area contributed by atoms with Crippen LogP contribution in [-0.4, -0.2) is 31.2 Å². The number of anilines is 1. The molecule has 1 atom stereocenters. The van der Waals surface area contributed by atoms with Crippen molar-refractivity contribution in [2.45, 2.75) is 37.1 Å². The molecule has 27 heavy (non-hydrogen) atoms. The summed E-state index contributed by atoms with van der Waals surface area (Å²) in [5.41, 5.74) is 1.31. The Hall–Kier alpha value is -2.69. The summed E-state index contributed by atoms with van der Waals surface area (Å²) in [6, 6.07) is 14.6. The summed E-state index contributed by atoms with van der Waals surface area (Å²) >= 11 is 0. The van der Waals surface area contributed by atoms with Gasteiger partial charge < -0.3 is 5.32 Å². The highest BCUT2D eigenvalue weighted by atomic mass is 32.2. The number of hydrogen-bond acceptors (Lipinski definition) is 4. The molecule has 7 heteroatoms. The lowest BCUT2D eigenvalue weighted by atomic mass is 10.1. The number of sulfonamides is 1.